The molecular formula is C12H11FN4O2S. The fraction of sp³-hybridized carbons (Fsp3) is 0.167. The zero-order valence-corrected chi connectivity index (χ0v) is 11.4. The Bertz CT molecular complexity index is 750. The predicted octanol–water partition coefficient (Wildman–Crippen LogP) is 1.24. The zero-order valence-electron chi connectivity index (χ0n) is 10.5. The number of rotatable bonds is 4. The molecule has 0 aliphatic heterocycles. The molecule has 104 valence electrons. The van der Waals surface area contributed by atoms with Crippen LogP contribution in [0.25, 0.3) is 0 Å². The number of sulfonamides is 1. The van der Waals surface area contributed by atoms with Crippen molar-refractivity contribution in [2.45, 2.75) is 11.6 Å². The molecule has 1 N–H and O–H groups in total. The van der Waals surface area contributed by atoms with Crippen molar-refractivity contribution < 1.29 is 12.8 Å². The summed E-state index contributed by atoms with van der Waals surface area (Å²) in [5.41, 5.74) is 0.406. The highest BCUT2D eigenvalue weighted by atomic mass is 32.2. The molecule has 0 aliphatic rings. The van der Waals surface area contributed by atoms with Crippen molar-refractivity contribution in [3.63, 3.8) is 0 Å². The van der Waals surface area contributed by atoms with Crippen molar-refractivity contribution in [1.29, 1.82) is 5.26 Å². The number of imidazole rings is 1. The van der Waals surface area contributed by atoms with Gasteiger partial charge in [-0.15, -0.1) is 0 Å². The number of nitrogens with one attached hydrogen (secondary N) is 1. The third-order valence-electron chi connectivity index (χ3n) is 2.73. The number of aromatic nitrogens is 2. The first-order chi connectivity index (χ1) is 9.45. The number of hydrogen-bond acceptors (Lipinski definition) is 4. The Balaban J connectivity index is 2.29. The molecule has 6 nitrogen and oxygen atoms in total. The van der Waals surface area contributed by atoms with Crippen LogP contribution in [0.15, 0.2) is 35.7 Å². The van der Waals surface area contributed by atoms with Crippen LogP contribution in [0.3, 0.4) is 0 Å². The summed E-state index contributed by atoms with van der Waals surface area (Å²) in [5.74, 6) is -0.560. The molecule has 0 aliphatic carbocycles. The van der Waals surface area contributed by atoms with Gasteiger partial charge in [0.05, 0.1) is 24.2 Å². The van der Waals surface area contributed by atoms with Crippen molar-refractivity contribution in [2.24, 2.45) is 0 Å². The second-order valence-corrected chi connectivity index (χ2v) is 6.11. The molecule has 0 spiro atoms. The highest BCUT2D eigenvalue weighted by molar-refractivity contribution is 7.89. The fourth-order valence-electron chi connectivity index (χ4n) is 1.64. The Morgan fingerprint density at radius 2 is 2.25 bits per heavy atom. The van der Waals surface area contributed by atoms with E-state index in [-0.39, 0.29) is 22.7 Å². The van der Waals surface area contributed by atoms with Gasteiger partial charge < -0.3 is 4.98 Å². The van der Waals surface area contributed by atoms with Gasteiger partial charge in [0.2, 0.25) is 0 Å². The van der Waals surface area contributed by atoms with Gasteiger partial charge in [-0.2, -0.15) is 9.57 Å². The number of halogens is 1. The van der Waals surface area contributed by atoms with Gasteiger partial charge in [-0.1, -0.05) is 0 Å². The fourth-order valence-corrected chi connectivity index (χ4v) is 2.68. The van der Waals surface area contributed by atoms with Crippen LogP contribution in [-0.2, 0) is 16.6 Å². The van der Waals surface area contributed by atoms with Crippen LogP contribution in [0.4, 0.5) is 4.39 Å². The number of benzene rings is 1. The Morgan fingerprint density at radius 3 is 2.85 bits per heavy atom. The lowest BCUT2D eigenvalue weighted by Gasteiger charge is -2.16. The summed E-state index contributed by atoms with van der Waals surface area (Å²) in [7, 11) is -2.44. The van der Waals surface area contributed by atoms with Crippen LogP contribution in [0, 0.1) is 17.1 Å². The van der Waals surface area contributed by atoms with Crippen LogP contribution >= 0.6 is 0 Å². The number of hydrogen-bond donors (Lipinski definition) is 1. The first kappa shape index (κ1) is 14.2. The van der Waals surface area contributed by atoms with E-state index in [2.05, 4.69) is 9.97 Å². The summed E-state index contributed by atoms with van der Waals surface area (Å²) in [5, 5.41) is 8.71. The summed E-state index contributed by atoms with van der Waals surface area (Å²) in [6, 6.07) is 5.69. The van der Waals surface area contributed by atoms with Crippen molar-refractivity contribution in [3.8, 4) is 6.07 Å². The summed E-state index contributed by atoms with van der Waals surface area (Å²) >= 11 is 0. The third-order valence-corrected chi connectivity index (χ3v) is 4.46. The highest BCUT2D eigenvalue weighted by Gasteiger charge is 2.23. The SMILES string of the molecule is CN(Cc1cc(C#N)ccc1F)S(=O)(=O)c1cnc[nH]1. The number of nitrogens with zero attached hydrogens (tertiary/aromatic N) is 3. The topological polar surface area (TPSA) is 89.8 Å². The van der Waals surface area contributed by atoms with Gasteiger partial charge >= 0.3 is 0 Å². The van der Waals surface area contributed by atoms with E-state index < -0.39 is 15.8 Å². The van der Waals surface area contributed by atoms with E-state index in [1.807, 2.05) is 6.07 Å². The van der Waals surface area contributed by atoms with Gasteiger partial charge in [0.15, 0.2) is 5.03 Å². The summed E-state index contributed by atoms with van der Waals surface area (Å²) in [6.07, 6.45) is 2.42. The van der Waals surface area contributed by atoms with Crippen molar-refractivity contribution in [3.05, 3.63) is 47.7 Å². The molecular weight excluding hydrogens is 283 g/mol. The molecule has 0 saturated heterocycles. The first-order valence-corrected chi connectivity index (χ1v) is 7.02. The van der Waals surface area contributed by atoms with E-state index in [1.165, 1.54) is 31.7 Å². The van der Waals surface area contributed by atoms with Crippen LogP contribution in [0.5, 0.6) is 0 Å². The minimum atomic E-state index is -3.76. The molecule has 8 heteroatoms. The van der Waals surface area contributed by atoms with Gasteiger partial charge in [0, 0.05) is 19.2 Å². The van der Waals surface area contributed by atoms with Crippen LogP contribution in [0.1, 0.15) is 11.1 Å². The lowest BCUT2D eigenvalue weighted by atomic mass is 10.1. The van der Waals surface area contributed by atoms with Gasteiger partial charge in [-0.25, -0.2) is 17.8 Å². The largest absolute Gasteiger partial charge is 0.335 e. The maximum atomic E-state index is 13.6. The highest BCUT2D eigenvalue weighted by Crippen LogP contribution is 2.17. The maximum absolute atomic E-state index is 13.6. The molecule has 0 atom stereocenters. The van der Waals surface area contributed by atoms with Crippen LogP contribution in [0.2, 0.25) is 0 Å². The smallest absolute Gasteiger partial charge is 0.260 e. The molecule has 0 saturated carbocycles. The third kappa shape index (κ3) is 2.68. The van der Waals surface area contributed by atoms with E-state index in [9.17, 15) is 12.8 Å². The molecule has 1 heterocycles. The monoisotopic (exact) mass is 294 g/mol. The number of aromatic amines is 1. The molecule has 0 radical (unpaired) electrons. The average molecular weight is 294 g/mol. The Hall–Kier alpha value is -2.24. The van der Waals surface area contributed by atoms with Crippen LogP contribution in [-0.4, -0.2) is 29.7 Å². The zero-order chi connectivity index (χ0) is 14.8. The lowest BCUT2D eigenvalue weighted by molar-refractivity contribution is 0.454. The van der Waals surface area contributed by atoms with E-state index >= 15 is 0 Å². The van der Waals surface area contributed by atoms with E-state index in [0.29, 0.717) is 0 Å². The molecule has 0 fully saturated rings. The molecule has 0 amide bonds. The Morgan fingerprint density at radius 1 is 1.50 bits per heavy atom. The van der Waals surface area contributed by atoms with E-state index in [1.54, 1.807) is 0 Å². The van der Waals surface area contributed by atoms with Gasteiger partial charge in [0.1, 0.15) is 5.82 Å². The molecule has 1 aromatic heterocycles. The van der Waals surface area contributed by atoms with Gasteiger partial charge in [-0.3, -0.25) is 0 Å². The lowest BCUT2D eigenvalue weighted by Crippen LogP contribution is -2.27. The minimum absolute atomic E-state index is 0.0724. The molecule has 1 aromatic carbocycles. The van der Waals surface area contributed by atoms with Gasteiger partial charge in [0.25, 0.3) is 10.0 Å². The minimum Gasteiger partial charge on any atom is -0.335 e. The second-order valence-electron chi connectivity index (χ2n) is 4.09. The van der Waals surface area contributed by atoms with E-state index in [4.69, 9.17) is 5.26 Å². The molecule has 20 heavy (non-hydrogen) atoms. The summed E-state index contributed by atoms with van der Waals surface area (Å²) in [6.45, 7) is -0.178. The normalized spacial score (nSPS) is 11.5. The quantitative estimate of drug-likeness (QED) is 0.918. The molecule has 2 aromatic rings. The second kappa shape index (κ2) is 5.40. The standard InChI is InChI=1S/C12H11FN4O2S/c1-17(20(18,19)12-6-15-8-16-12)7-10-4-9(5-14)2-3-11(10)13/h2-4,6,8H,7H2,1H3,(H,15,16). The number of nitriles is 1. The summed E-state index contributed by atoms with van der Waals surface area (Å²) in [4.78, 5) is 6.14. The average Bonchev–Trinajstić information content (AvgIpc) is 2.95. The van der Waals surface area contributed by atoms with Crippen molar-refractivity contribution in [2.75, 3.05) is 7.05 Å². The number of H-pyrrole nitrogens is 1. The predicted molar refractivity (Wildman–Crippen MR) is 68.4 cm³/mol. The summed E-state index contributed by atoms with van der Waals surface area (Å²) < 4.78 is 38.9. The molecule has 0 unspecified atom stereocenters. The molecule has 2 rings (SSSR count). The maximum Gasteiger partial charge on any atom is 0.260 e. The van der Waals surface area contributed by atoms with Crippen molar-refractivity contribution in [1.82, 2.24) is 14.3 Å². The van der Waals surface area contributed by atoms with Crippen molar-refractivity contribution >= 4 is 10.0 Å². The first-order valence-electron chi connectivity index (χ1n) is 5.58. The Labute approximate surface area is 115 Å². The van der Waals surface area contributed by atoms with Gasteiger partial charge in [-0.05, 0) is 18.2 Å². The van der Waals surface area contributed by atoms with Crippen LogP contribution < -0.4 is 0 Å². The Kier molecular flexibility index (Phi) is 3.83. The van der Waals surface area contributed by atoms with E-state index in [0.717, 1.165) is 10.4 Å². The molecule has 0 bridgehead atoms.